The Bertz CT molecular complexity index is 513. The molecule has 1 atom stereocenters. The van der Waals surface area contributed by atoms with Crippen LogP contribution in [0.15, 0.2) is 29.2 Å². The predicted octanol–water partition coefficient (Wildman–Crippen LogP) is 1.36. The minimum absolute atomic E-state index is 0.271. The Morgan fingerprint density at radius 1 is 1.39 bits per heavy atom. The van der Waals surface area contributed by atoms with E-state index in [2.05, 4.69) is 11.8 Å². The van der Waals surface area contributed by atoms with Crippen molar-refractivity contribution in [1.82, 2.24) is 4.90 Å². The lowest BCUT2D eigenvalue weighted by molar-refractivity contribution is 0.265. The molecule has 1 fully saturated rings. The van der Waals surface area contributed by atoms with E-state index in [-0.39, 0.29) is 4.90 Å². The maximum absolute atomic E-state index is 11.5. The van der Waals surface area contributed by atoms with Gasteiger partial charge in [0.2, 0.25) is 10.0 Å². The van der Waals surface area contributed by atoms with Crippen molar-refractivity contribution < 1.29 is 8.42 Å². The summed E-state index contributed by atoms with van der Waals surface area (Å²) in [6.45, 7) is 4.27. The monoisotopic (exact) mass is 268 g/mol. The van der Waals surface area contributed by atoms with Crippen molar-refractivity contribution in [3.05, 3.63) is 29.8 Å². The van der Waals surface area contributed by atoms with E-state index in [0.29, 0.717) is 6.04 Å². The Morgan fingerprint density at radius 3 is 2.78 bits per heavy atom. The second-order valence-electron chi connectivity index (χ2n) is 4.78. The van der Waals surface area contributed by atoms with Gasteiger partial charge in [0.1, 0.15) is 0 Å². The summed E-state index contributed by atoms with van der Waals surface area (Å²) in [6.07, 6.45) is 3.09. The molecule has 1 aromatic carbocycles. The molecule has 0 aromatic heterocycles. The Balaban J connectivity index is 2.24. The molecule has 5 heteroatoms. The molecule has 1 aliphatic rings. The van der Waals surface area contributed by atoms with Gasteiger partial charge in [-0.15, -0.1) is 0 Å². The first-order valence-corrected chi connectivity index (χ1v) is 7.91. The van der Waals surface area contributed by atoms with Crippen LogP contribution in [-0.4, -0.2) is 32.4 Å². The highest BCUT2D eigenvalue weighted by Gasteiger charge is 2.25. The van der Waals surface area contributed by atoms with Crippen LogP contribution >= 0.6 is 0 Å². The maximum atomic E-state index is 11.5. The van der Waals surface area contributed by atoms with E-state index in [4.69, 9.17) is 5.14 Å². The molecule has 0 bridgehead atoms. The third-order valence-electron chi connectivity index (χ3n) is 3.64. The molecule has 1 aliphatic heterocycles. The molecule has 0 aliphatic carbocycles. The van der Waals surface area contributed by atoms with Gasteiger partial charge in [-0.2, -0.15) is 0 Å². The lowest BCUT2D eigenvalue weighted by Gasteiger charge is -2.23. The first-order chi connectivity index (χ1) is 8.52. The Labute approximate surface area is 109 Å². The van der Waals surface area contributed by atoms with Crippen LogP contribution in [-0.2, 0) is 16.4 Å². The van der Waals surface area contributed by atoms with Gasteiger partial charge in [-0.05, 0) is 44.0 Å². The van der Waals surface area contributed by atoms with Gasteiger partial charge in [0.15, 0.2) is 0 Å². The van der Waals surface area contributed by atoms with Crippen molar-refractivity contribution in [2.45, 2.75) is 37.1 Å². The summed E-state index contributed by atoms with van der Waals surface area (Å²) in [5.41, 5.74) is 0.838. The van der Waals surface area contributed by atoms with Crippen LogP contribution in [0.1, 0.15) is 25.3 Å². The summed E-state index contributed by atoms with van der Waals surface area (Å²) < 4.78 is 23.1. The van der Waals surface area contributed by atoms with Crippen molar-refractivity contribution >= 4 is 10.0 Å². The summed E-state index contributed by atoms with van der Waals surface area (Å²) in [5.74, 6) is 0. The third-order valence-corrected chi connectivity index (χ3v) is 4.65. The topological polar surface area (TPSA) is 63.4 Å². The number of nitrogens with two attached hydrogens (primary N) is 1. The maximum Gasteiger partial charge on any atom is 0.238 e. The van der Waals surface area contributed by atoms with Gasteiger partial charge in [-0.25, -0.2) is 13.6 Å². The summed E-state index contributed by atoms with van der Waals surface area (Å²) in [5, 5.41) is 5.26. The molecule has 2 rings (SSSR count). The molecule has 1 saturated heterocycles. The number of hydrogen-bond donors (Lipinski definition) is 1. The highest BCUT2D eigenvalue weighted by atomic mass is 32.2. The van der Waals surface area contributed by atoms with Crippen LogP contribution in [0, 0.1) is 0 Å². The smallest absolute Gasteiger partial charge is 0.238 e. The lowest BCUT2D eigenvalue weighted by Crippen LogP contribution is -2.31. The van der Waals surface area contributed by atoms with Gasteiger partial charge < -0.3 is 4.90 Å². The Kier molecular flexibility index (Phi) is 4.04. The van der Waals surface area contributed by atoms with Crippen LogP contribution in [0.4, 0.5) is 0 Å². The normalized spacial score (nSPS) is 21.3. The average molecular weight is 268 g/mol. The molecular formula is C13H20N2O2S. The van der Waals surface area contributed by atoms with Crippen molar-refractivity contribution in [3.8, 4) is 0 Å². The number of benzene rings is 1. The molecule has 0 amide bonds. The molecule has 2 N–H and O–H groups in total. The predicted molar refractivity (Wildman–Crippen MR) is 71.8 cm³/mol. The number of likely N-dealkylation sites (N-methyl/N-ethyl adjacent to an activating group) is 1. The van der Waals surface area contributed by atoms with Crippen molar-refractivity contribution in [2.24, 2.45) is 5.14 Å². The number of primary sulfonamides is 1. The molecule has 18 heavy (non-hydrogen) atoms. The Morgan fingerprint density at radius 2 is 2.11 bits per heavy atom. The van der Waals surface area contributed by atoms with Crippen LogP contribution < -0.4 is 5.14 Å². The number of hydrogen-bond acceptors (Lipinski definition) is 3. The minimum Gasteiger partial charge on any atom is -0.300 e. The quantitative estimate of drug-likeness (QED) is 0.897. The fourth-order valence-corrected chi connectivity index (χ4v) is 3.53. The van der Waals surface area contributed by atoms with E-state index in [1.807, 2.05) is 12.1 Å². The summed E-state index contributed by atoms with van der Waals surface area (Å²) >= 11 is 0. The minimum atomic E-state index is -3.62. The van der Waals surface area contributed by atoms with E-state index < -0.39 is 10.0 Å². The molecule has 0 unspecified atom stereocenters. The highest BCUT2D eigenvalue weighted by molar-refractivity contribution is 7.89. The van der Waals surface area contributed by atoms with E-state index in [0.717, 1.165) is 31.5 Å². The number of nitrogens with zero attached hydrogens (tertiary/aromatic N) is 1. The summed E-state index contributed by atoms with van der Waals surface area (Å²) in [7, 11) is -3.62. The molecule has 1 heterocycles. The van der Waals surface area contributed by atoms with Gasteiger partial charge in [0.25, 0.3) is 0 Å². The summed E-state index contributed by atoms with van der Waals surface area (Å²) in [4.78, 5) is 2.67. The van der Waals surface area contributed by atoms with E-state index >= 15 is 0 Å². The molecule has 1 aromatic rings. The number of likely N-dealkylation sites (tertiary alicyclic amines) is 1. The average Bonchev–Trinajstić information content (AvgIpc) is 2.75. The zero-order valence-corrected chi connectivity index (χ0v) is 11.5. The number of rotatable bonds is 4. The highest BCUT2D eigenvalue weighted by Crippen LogP contribution is 2.23. The third kappa shape index (κ3) is 2.91. The van der Waals surface area contributed by atoms with Crippen LogP contribution in [0.25, 0.3) is 0 Å². The van der Waals surface area contributed by atoms with Crippen LogP contribution in [0.5, 0.6) is 0 Å². The standard InChI is InChI=1S/C13H20N2O2S/c1-2-15-9-5-7-12(15)10-11-6-3-4-8-13(11)18(14,16)17/h3-4,6,8,12H,2,5,7,9-10H2,1H3,(H2,14,16,17)/t12-/m1/s1. The second-order valence-corrected chi connectivity index (χ2v) is 6.31. The van der Waals surface area contributed by atoms with Gasteiger partial charge in [0.05, 0.1) is 4.90 Å². The van der Waals surface area contributed by atoms with E-state index in [1.165, 1.54) is 6.42 Å². The SMILES string of the molecule is CCN1CCC[C@@H]1Cc1ccccc1S(N)(=O)=O. The van der Waals surface area contributed by atoms with Crippen molar-refractivity contribution in [1.29, 1.82) is 0 Å². The molecule has 100 valence electrons. The molecular weight excluding hydrogens is 248 g/mol. The van der Waals surface area contributed by atoms with Gasteiger partial charge in [0, 0.05) is 6.04 Å². The zero-order valence-electron chi connectivity index (χ0n) is 10.7. The van der Waals surface area contributed by atoms with Crippen LogP contribution in [0.2, 0.25) is 0 Å². The lowest BCUT2D eigenvalue weighted by atomic mass is 10.0. The van der Waals surface area contributed by atoms with Gasteiger partial charge in [-0.1, -0.05) is 25.1 Å². The van der Waals surface area contributed by atoms with E-state index in [1.54, 1.807) is 12.1 Å². The van der Waals surface area contributed by atoms with Crippen molar-refractivity contribution in [2.75, 3.05) is 13.1 Å². The summed E-state index contributed by atoms with van der Waals surface area (Å²) in [6, 6.07) is 7.49. The molecule has 0 saturated carbocycles. The molecule has 0 spiro atoms. The van der Waals surface area contributed by atoms with Gasteiger partial charge >= 0.3 is 0 Å². The Hall–Kier alpha value is -0.910. The zero-order chi connectivity index (χ0) is 13.2. The van der Waals surface area contributed by atoms with E-state index in [9.17, 15) is 8.42 Å². The number of sulfonamides is 1. The fraction of sp³-hybridized carbons (Fsp3) is 0.538. The molecule has 4 nitrogen and oxygen atoms in total. The van der Waals surface area contributed by atoms with Gasteiger partial charge in [-0.3, -0.25) is 0 Å². The fourth-order valence-electron chi connectivity index (χ4n) is 2.75. The molecule has 0 radical (unpaired) electrons. The first-order valence-electron chi connectivity index (χ1n) is 6.37. The van der Waals surface area contributed by atoms with Crippen LogP contribution in [0.3, 0.4) is 0 Å². The first kappa shape index (κ1) is 13.5. The van der Waals surface area contributed by atoms with Crippen molar-refractivity contribution in [3.63, 3.8) is 0 Å². The largest absolute Gasteiger partial charge is 0.300 e. The second kappa shape index (κ2) is 5.38.